The van der Waals surface area contributed by atoms with Gasteiger partial charge in [0.25, 0.3) is 0 Å². The number of ether oxygens (including phenoxy) is 1. The number of para-hydroxylation sites is 1. The van der Waals surface area contributed by atoms with Gasteiger partial charge >= 0.3 is 0 Å². The molecule has 1 aliphatic rings. The highest BCUT2D eigenvalue weighted by Gasteiger charge is 2.20. The Morgan fingerprint density at radius 1 is 1.21 bits per heavy atom. The molecule has 96 valence electrons. The van der Waals surface area contributed by atoms with Gasteiger partial charge in [0.1, 0.15) is 11.6 Å². The third-order valence-electron chi connectivity index (χ3n) is 3.32. The minimum atomic E-state index is 0.774. The van der Waals surface area contributed by atoms with Gasteiger partial charge in [0.2, 0.25) is 0 Å². The Morgan fingerprint density at radius 2 is 2.05 bits per heavy atom. The molecular weight excluding hydrogens is 236 g/mol. The molecule has 0 spiro atoms. The molecule has 0 bridgehead atoms. The summed E-state index contributed by atoms with van der Waals surface area (Å²) < 4.78 is 5.44. The van der Waals surface area contributed by atoms with E-state index in [1.54, 1.807) is 7.11 Å². The highest BCUT2D eigenvalue weighted by atomic mass is 16.5. The lowest BCUT2D eigenvalue weighted by atomic mass is 10.1. The Hall–Kier alpha value is -2.29. The summed E-state index contributed by atoms with van der Waals surface area (Å²) in [6.07, 6.45) is 3.94. The maximum atomic E-state index is 5.44. The molecule has 0 saturated carbocycles. The third-order valence-corrected chi connectivity index (χ3v) is 3.32. The van der Waals surface area contributed by atoms with Crippen molar-refractivity contribution >= 4 is 17.3 Å². The van der Waals surface area contributed by atoms with E-state index in [1.165, 1.54) is 5.56 Å². The number of aromatic nitrogens is 1. The van der Waals surface area contributed by atoms with Crippen LogP contribution >= 0.6 is 0 Å². The lowest BCUT2D eigenvalue weighted by Gasteiger charge is -2.29. The van der Waals surface area contributed by atoms with Crippen LogP contribution in [0.15, 0.2) is 48.7 Å². The predicted octanol–water partition coefficient (Wildman–Crippen LogP) is 3.53. The van der Waals surface area contributed by atoms with Gasteiger partial charge in [0, 0.05) is 18.3 Å². The molecule has 2 aromatic rings. The first-order valence-corrected chi connectivity index (χ1v) is 6.33. The van der Waals surface area contributed by atoms with Gasteiger partial charge in [-0.15, -0.1) is 0 Å². The van der Waals surface area contributed by atoms with Crippen LogP contribution in [0.5, 0.6) is 0 Å². The molecule has 1 aromatic carbocycles. The number of nitrogens with zero attached hydrogens (tertiary/aromatic N) is 2. The van der Waals surface area contributed by atoms with Crippen molar-refractivity contribution in [2.75, 3.05) is 18.6 Å². The second-order valence-electron chi connectivity index (χ2n) is 4.59. The minimum Gasteiger partial charge on any atom is -0.496 e. The normalized spacial score (nSPS) is 13.8. The lowest BCUT2D eigenvalue weighted by molar-refractivity contribution is 0.368. The van der Waals surface area contributed by atoms with Crippen molar-refractivity contribution < 1.29 is 4.74 Å². The van der Waals surface area contributed by atoms with Gasteiger partial charge in [-0.3, -0.25) is 0 Å². The summed E-state index contributed by atoms with van der Waals surface area (Å²) in [5.41, 5.74) is 3.46. The molecular formula is C16H16N2O. The molecule has 3 nitrogen and oxygen atoms in total. The first kappa shape index (κ1) is 11.8. The number of rotatable bonds is 2. The van der Waals surface area contributed by atoms with E-state index in [0.717, 1.165) is 29.4 Å². The van der Waals surface area contributed by atoms with Gasteiger partial charge in [-0.1, -0.05) is 12.1 Å². The Labute approximate surface area is 113 Å². The Morgan fingerprint density at radius 3 is 2.84 bits per heavy atom. The molecule has 0 unspecified atom stereocenters. The number of pyridine rings is 1. The zero-order valence-electron chi connectivity index (χ0n) is 11.1. The monoisotopic (exact) mass is 252 g/mol. The molecule has 19 heavy (non-hydrogen) atoms. The van der Waals surface area contributed by atoms with Gasteiger partial charge in [0.15, 0.2) is 0 Å². The highest BCUT2D eigenvalue weighted by molar-refractivity contribution is 5.80. The van der Waals surface area contributed by atoms with Crippen molar-refractivity contribution in [3.63, 3.8) is 0 Å². The number of hydrogen-bond donors (Lipinski definition) is 0. The summed E-state index contributed by atoms with van der Waals surface area (Å²) in [5, 5.41) is 0. The number of hydrogen-bond acceptors (Lipinski definition) is 3. The second-order valence-corrected chi connectivity index (χ2v) is 4.59. The standard InChI is InChI=1S/C16H16N2O/c1-12-7-9-17-16(11-12)18-10-8-15(19-2)13-5-3-4-6-14(13)18/h3-9,11H,10H2,1-2H3. The zero-order valence-corrected chi connectivity index (χ0v) is 11.1. The van der Waals surface area contributed by atoms with Crippen LogP contribution < -0.4 is 4.90 Å². The number of methoxy groups -OCH3 is 1. The van der Waals surface area contributed by atoms with E-state index in [1.807, 2.05) is 24.4 Å². The summed E-state index contributed by atoms with van der Waals surface area (Å²) in [6.45, 7) is 2.86. The smallest absolute Gasteiger partial charge is 0.133 e. The molecule has 0 aliphatic carbocycles. The van der Waals surface area contributed by atoms with Crippen molar-refractivity contribution in [1.29, 1.82) is 0 Å². The van der Waals surface area contributed by atoms with Crippen molar-refractivity contribution in [3.8, 4) is 0 Å². The number of anilines is 2. The lowest BCUT2D eigenvalue weighted by Crippen LogP contribution is -2.23. The van der Waals surface area contributed by atoms with Crippen molar-refractivity contribution in [2.24, 2.45) is 0 Å². The van der Waals surface area contributed by atoms with Crippen molar-refractivity contribution in [3.05, 3.63) is 59.8 Å². The van der Waals surface area contributed by atoms with Crippen molar-refractivity contribution in [1.82, 2.24) is 4.98 Å². The molecule has 3 heteroatoms. The molecule has 0 atom stereocenters. The quantitative estimate of drug-likeness (QED) is 0.817. The number of fused-ring (bicyclic) bond motifs is 1. The summed E-state index contributed by atoms with van der Waals surface area (Å²) in [4.78, 5) is 6.67. The van der Waals surface area contributed by atoms with Gasteiger partial charge in [-0.05, 0) is 42.8 Å². The van der Waals surface area contributed by atoms with Crippen LogP contribution in [0.2, 0.25) is 0 Å². The predicted molar refractivity (Wildman–Crippen MR) is 77.4 cm³/mol. The molecule has 2 heterocycles. The summed E-state index contributed by atoms with van der Waals surface area (Å²) in [5.74, 6) is 1.90. The fourth-order valence-electron chi connectivity index (χ4n) is 2.38. The average Bonchev–Trinajstić information content (AvgIpc) is 2.46. The van der Waals surface area contributed by atoms with Crippen LogP contribution in [0.3, 0.4) is 0 Å². The van der Waals surface area contributed by atoms with Gasteiger partial charge in [-0.25, -0.2) is 4.98 Å². The van der Waals surface area contributed by atoms with Crippen molar-refractivity contribution in [2.45, 2.75) is 6.92 Å². The van der Waals surface area contributed by atoms with E-state index in [-0.39, 0.29) is 0 Å². The van der Waals surface area contributed by atoms with Gasteiger partial charge in [-0.2, -0.15) is 0 Å². The van der Waals surface area contributed by atoms with Crippen LogP contribution in [0, 0.1) is 6.92 Å². The topological polar surface area (TPSA) is 25.4 Å². The summed E-state index contributed by atoms with van der Waals surface area (Å²) >= 11 is 0. The highest BCUT2D eigenvalue weighted by Crippen LogP contribution is 2.35. The van der Waals surface area contributed by atoms with E-state index in [2.05, 4.69) is 41.1 Å². The average molecular weight is 252 g/mol. The van der Waals surface area contributed by atoms with E-state index in [4.69, 9.17) is 4.74 Å². The third kappa shape index (κ3) is 2.08. The molecule has 0 amide bonds. The largest absolute Gasteiger partial charge is 0.496 e. The fourth-order valence-corrected chi connectivity index (χ4v) is 2.38. The maximum Gasteiger partial charge on any atom is 0.133 e. The molecule has 1 aliphatic heterocycles. The van der Waals surface area contributed by atoms with Crippen LogP contribution in [0.1, 0.15) is 11.1 Å². The number of aryl methyl sites for hydroxylation is 1. The van der Waals surface area contributed by atoms with E-state index < -0.39 is 0 Å². The van der Waals surface area contributed by atoms with Crippen LogP contribution in [-0.4, -0.2) is 18.6 Å². The maximum absolute atomic E-state index is 5.44. The SMILES string of the molecule is COC1=CCN(c2cc(C)ccn2)c2ccccc21. The minimum absolute atomic E-state index is 0.774. The Bertz CT molecular complexity index is 634. The summed E-state index contributed by atoms with van der Waals surface area (Å²) in [6, 6.07) is 12.4. The molecule has 0 saturated heterocycles. The van der Waals surface area contributed by atoms with Gasteiger partial charge in [0.05, 0.1) is 12.8 Å². The summed E-state index contributed by atoms with van der Waals surface area (Å²) in [7, 11) is 1.71. The Balaban J connectivity index is 2.09. The molecule has 1 aromatic heterocycles. The second kappa shape index (κ2) is 4.76. The Kier molecular flexibility index (Phi) is 2.95. The van der Waals surface area contributed by atoms with E-state index in [0.29, 0.717) is 0 Å². The van der Waals surface area contributed by atoms with E-state index in [9.17, 15) is 0 Å². The fraction of sp³-hybridized carbons (Fsp3) is 0.188. The number of benzene rings is 1. The van der Waals surface area contributed by atoms with Crippen LogP contribution in [0.25, 0.3) is 5.76 Å². The molecule has 0 radical (unpaired) electrons. The molecule has 3 rings (SSSR count). The molecule has 0 N–H and O–H groups in total. The molecule has 0 fully saturated rings. The van der Waals surface area contributed by atoms with E-state index >= 15 is 0 Å². The first-order chi connectivity index (χ1) is 9.29. The van der Waals surface area contributed by atoms with Gasteiger partial charge < -0.3 is 9.64 Å². The van der Waals surface area contributed by atoms with Crippen LogP contribution in [-0.2, 0) is 4.74 Å². The zero-order chi connectivity index (χ0) is 13.2. The van der Waals surface area contributed by atoms with Crippen LogP contribution in [0.4, 0.5) is 11.5 Å². The first-order valence-electron chi connectivity index (χ1n) is 6.33.